The second-order valence-electron chi connectivity index (χ2n) is 9.48. The Kier molecular flexibility index (Phi) is 12.7. The number of rotatable bonds is 17. The number of esters is 1. The zero-order valence-electron chi connectivity index (χ0n) is 20.3. The summed E-state index contributed by atoms with van der Waals surface area (Å²) < 4.78 is 11.3. The summed E-state index contributed by atoms with van der Waals surface area (Å²) in [6, 6.07) is 6.71. The molecule has 0 bridgehead atoms. The molecule has 0 spiro atoms. The summed E-state index contributed by atoms with van der Waals surface area (Å²) in [5.74, 6) is -0.739. The molecule has 1 aromatic carbocycles. The molecule has 1 rings (SSSR count). The molecule has 0 heterocycles. The Labute approximate surface area is 193 Å². The number of aliphatic hydroxyl groups excluding tert-OH is 1. The zero-order chi connectivity index (χ0) is 24.0. The first-order valence-electron chi connectivity index (χ1n) is 11.9. The smallest absolute Gasteiger partial charge is 0.338 e. The minimum atomic E-state index is -1.05. The molecule has 0 amide bonds. The maximum absolute atomic E-state index is 13.1. The fourth-order valence-corrected chi connectivity index (χ4v) is 3.40. The van der Waals surface area contributed by atoms with E-state index in [1.807, 2.05) is 0 Å². The van der Waals surface area contributed by atoms with Gasteiger partial charge in [0, 0.05) is 18.8 Å². The van der Waals surface area contributed by atoms with Crippen LogP contribution < -0.4 is 0 Å². The molecule has 0 aromatic heterocycles. The Balaban J connectivity index is 2.53. The minimum Gasteiger partial charge on any atom is -0.462 e. The minimum absolute atomic E-state index is 0.194. The van der Waals surface area contributed by atoms with Gasteiger partial charge in [-0.25, -0.2) is 4.79 Å². The van der Waals surface area contributed by atoms with Gasteiger partial charge < -0.3 is 19.7 Å². The van der Waals surface area contributed by atoms with E-state index >= 15 is 0 Å². The van der Waals surface area contributed by atoms with Gasteiger partial charge in [0.2, 0.25) is 0 Å². The molecule has 0 aliphatic rings. The lowest BCUT2D eigenvalue weighted by Gasteiger charge is -2.25. The third kappa shape index (κ3) is 11.2. The Bertz CT molecular complexity index is 690. The topological polar surface area (TPSA) is 93.1 Å². The molecule has 0 radical (unpaired) electrons. The first kappa shape index (κ1) is 28.3. The van der Waals surface area contributed by atoms with Crippen LogP contribution in [0.4, 0.5) is 0 Å². The van der Waals surface area contributed by atoms with Crippen LogP contribution in [0.15, 0.2) is 24.3 Å². The number of carbonyl (C=O) groups excluding carboxylic acids is 2. The molecule has 1 aromatic rings. The molecule has 0 saturated carbocycles. The summed E-state index contributed by atoms with van der Waals surface area (Å²) in [6.45, 7) is 8.00. The third-order valence-electron chi connectivity index (χ3n) is 5.37. The average molecular weight is 451 g/mol. The molecular formula is C26H42O6. The van der Waals surface area contributed by atoms with Gasteiger partial charge in [0.15, 0.2) is 5.78 Å². The van der Waals surface area contributed by atoms with Crippen LogP contribution in [0.1, 0.15) is 106 Å². The Morgan fingerprint density at radius 3 is 2.00 bits per heavy atom. The van der Waals surface area contributed by atoms with Crippen molar-refractivity contribution in [2.45, 2.75) is 96.7 Å². The van der Waals surface area contributed by atoms with E-state index in [1.165, 1.54) is 0 Å². The summed E-state index contributed by atoms with van der Waals surface area (Å²) in [5, 5.41) is 18.6. The lowest BCUT2D eigenvalue weighted by atomic mass is 9.93. The number of Topliss-reactive ketones (excluding diaryl/α,β-unsaturated/α-hetero) is 1. The lowest BCUT2D eigenvalue weighted by Crippen LogP contribution is -2.36. The van der Waals surface area contributed by atoms with Gasteiger partial charge in [-0.3, -0.25) is 4.79 Å². The van der Waals surface area contributed by atoms with Gasteiger partial charge in [0.05, 0.1) is 17.8 Å². The Hall–Kier alpha value is -1.76. The Morgan fingerprint density at radius 1 is 0.812 bits per heavy atom. The second kappa shape index (κ2) is 14.4. The monoisotopic (exact) mass is 450 g/mol. The second-order valence-corrected chi connectivity index (χ2v) is 9.48. The van der Waals surface area contributed by atoms with E-state index in [9.17, 15) is 14.7 Å². The molecule has 32 heavy (non-hydrogen) atoms. The molecule has 182 valence electrons. The Morgan fingerprint density at radius 2 is 1.38 bits per heavy atom. The standard InChI is InChI=1S/C26H42O6/c1-25(2,30)17-11-5-7-13-19-31-24(29)22-16-10-9-15-21(22)23(28)26(3,4)32-20-14-8-6-12-18-27/h9-10,15-16,27,30H,5-8,11-14,17-20H2,1-4H3. The number of hydrogen-bond acceptors (Lipinski definition) is 6. The van der Waals surface area contributed by atoms with Gasteiger partial charge in [-0.05, 0) is 59.4 Å². The van der Waals surface area contributed by atoms with E-state index in [4.69, 9.17) is 14.6 Å². The summed E-state index contributed by atoms with van der Waals surface area (Å²) >= 11 is 0. The average Bonchev–Trinajstić information content (AvgIpc) is 2.74. The predicted molar refractivity (Wildman–Crippen MR) is 126 cm³/mol. The van der Waals surface area contributed by atoms with Crippen molar-refractivity contribution in [2.24, 2.45) is 0 Å². The third-order valence-corrected chi connectivity index (χ3v) is 5.37. The van der Waals surface area contributed by atoms with Crippen molar-refractivity contribution in [2.75, 3.05) is 19.8 Å². The highest BCUT2D eigenvalue weighted by Gasteiger charge is 2.32. The number of benzene rings is 1. The van der Waals surface area contributed by atoms with E-state index < -0.39 is 17.2 Å². The maximum Gasteiger partial charge on any atom is 0.338 e. The highest BCUT2D eigenvalue weighted by molar-refractivity contribution is 6.09. The number of aliphatic hydroxyl groups is 2. The first-order chi connectivity index (χ1) is 15.1. The van der Waals surface area contributed by atoms with E-state index in [2.05, 4.69) is 0 Å². The molecule has 6 heteroatoms. The van der Waals surface area contributed by atoms with Crippen molar-refractivity contribution in [3.63, 3.8) is 0 Å². The lowest BCUT2D eigenvalue weighted by molar-refractivity contribution is -0.00608. The number of hydrogen-bond donors (Lipinski definition) is 2. The van der Waals surface area contributed by atoms with Gasteiger partial charge in [0.25, 0.3) is 0 Å². The van der Waals surface area contributed by atoms with Crippen LogP contribution in [0.2, 0.25) is 0 Å². The van der Waals surface area contributed by atoms with E-state index in [-0.39, 0.29) is 18.0 Å². The number of ketones is 1. The van der Waals surface area contributed by atoms with Gasteiger partial charge in [-0.1, -0.05) is 50.3 Å². The van der Waals surface area contributed by atoms with Gasteiger partial charge >= 0.3 is 5.97 Å². The van der Waals surface area contributed by atoms with Crippen LogP contribution in [0, 0.1) is 0 Å². The van der Waals surface area contributed by atoms with E-state index in [0.29, 0.717) is 18.8 Å². The van der Waals surface area contributed by atoms with Crippen molar-refractivity contribution in [1.29, 1.82) is 0 Å². The largest absolute Gasteiger partial charge is 0.462 e. The fraction of sp³-hybridized carbons (Fsp3) is 0.692. The van der Waals surface area contributed by atoms with Gasteiger partial charge in [0.1, 0.15) is 5.60 Å². The zero-order valence-corrected chi connectivity index (χ0v) is 20.3. The van der Waals surface area contributed by atoms with Crippen molar-refractivity contribution in [3.05, 3.63) is 35.4 Å². The molecule has 2 N–H and O–H groups in total. The summed E-state index contributed by atoms with van der Waals surface area (Å²) in [6.07, 6.45) is 7.79. The highest BCUT2D eigenvalue weighted by atomic mass is 16.5. The van der Waals surface area contributed by atoms with Gasteiger partial charge in [-0.2, -0.15) is 0 Å². The molecule has 6 nitrogen and oxygen atoms in total. The number of carbonyl (C=O) groups is 2. The van der Waals surface area contributed by atoms with Crippen molar-refractivity contribution >= 4 is 11.8 Å². The summed E-state index contributed by atoms with van der Waals surface area (Å²) in [4.78, 5) is 25.7. The molecule has 0 aliphatic carbocycles. The quantitative estimate of drug-likeness (QED) is 0.195. The van der Waals surface area contributed by atoms with Crippen LogP contribution in [-0.2, 0) is 9.47 Å². The molecular weight excluding hydrogens is 408 g/mol. The van der Waals surface area contributed by atoms with E-state index in [1.54, 1.807) is 52.0 Å². The molecule has 0 saturated heterocycles. The van der Waals surface area contributed by atoms with Crippen molar-refractivity contribution < 1.29 is 29.3 Å². The first-order valence-corrected chi connectivity index (χ1v) is 11.9. The normalized spacial score (nSPS) is 12.1. The van der Waals surface area contributed by atoms with Crippen LogP contribution in [-0.4, -0.2) is 53.0 Å². The fourth-order valence-electron chi connectivity index (χ4n) is 3.40. The van der Waals surface area contributed by atoms with Crippen molar-refractivity contribution in [1.82, 2.24) is 0 Å². The number of unbranched alkanes of at least 4 members (excludes halogenated alkanes) is 6. The molecule has 0 unspecified atom stereocenters. The van der Waals surface area contributed by atoms with Crippen LogP contribution in [0.25, 0.3) is 0 Å². The maximum atomic E-state index is 13.1. The van der Waals surface area contributed by atoms with E-state index in [0.717, 1.165) is 57.8 Å². The SMILES string of the molecule is CC(C)(O)CCCCCCOC(=O)c1ccccc1C(=O)C(C)(C)OCCCCCCO. The van der Waals surface area contributed by atoms with Crippen LogP contribution in [0.3, 0.4) is 0 Å². The summed E-state index contributed by atoms with van der Waals surface area (Å²) in [5.41, 5.74) is -1.11. The highest BCUT2D eigenvalue weighted by Crippen LogP contribution is 2.22. The predicted octanol–water partition coefficient (Wildman–Crippen LogP) is 5.10. The molecule has 0 fully saturated rings. The van der Waals surface area contributed by atoms with Crippen LogP contribution in [0.5, 0.6) is 0 Å². The number of ether oxygens (including phenoxy) is 2. The van der Waals surface area contributed by atoms with Gasteiger partial charge in [-0.15, -0.1) is 0 Å². The van der Waals surface area contributed by atoms with Crippen molar-refractivity contribution in [3.8, 4) is 0 Å². The molecule has 0 atom stereocenters. The van der Waals surface area contributed by atoms with Crippen LogP contribution >= 0.6 is 0 Å². The molecule has 0 aliphatic heterocycles. The summed E-state index contributed by atoms with van der Waals surface area (Å²) in [7, 11) is 0.